The van der Waals surface area contributed by atoms with Crippen molar-refractivity contribution in [3.05, 3.63) is 47.5 Å². The molecule has 0 aliphatic rings. The molecule has 2 aromatic rings. The minimum atomic E-state index is 0. The van der Waals surface area contributed by atoms with Crippen molar-refractivity contribution in [2.24, 2.45) is 10.7 Å². The number of aliphatic imine (C=N–C) groups is 1. The summed E-state index contributed by atoms with van der Waals surface area (Å²) in [6.45, 7) is 0. The maximum atomic E-state index is 5.79. The summed E-state index contributed by atoms with van der Waals surface area (Å²) in [6, 6.07) is 9.62. The van der Waals surface area contributed by atoms with Crippen LogP contribution in [0.15, 0.2) is 46.9 Å². The summed E-state index contributed by atoms with van der Waals surface area (Å²) in [5, 5.41) is 1.88. The van der Waals surface area contributed by atoms with Crippen LogP contribution in [0.3, 0.4) is 0 Å². The first-order valence-electron chi connectivity index (χ1n) is 4.15. The Morgan fingerprint density at radius 1 is 1.27 bits per heavy atom. The number of nitrogens with zero attached hydrogens (tertiary/aromatic N) is 2. The van der Waals surface area contributed by atoms with Crippen molar-refractivity contribution in [1.82, 2.24) is 4.37 Å². The van der Waals surface area contributed by atoms with Crippen LogP contribution in [0, 0.1) is 0 Å². The second-order valence-corrected chi connectivity index (χ2v) is 3.40. The molecule has 5 heteroatoms. The van der Waals surface area contributed by atoms with Crippen LogP contribution in [0.1, 0.15) is 5.56 Å². The molecule has 15 heavy (non-hydrogen) atoms. The molecule has 1 aromatic carbocycles. The Hall–Kier alpha value is -1.39. The zero-order valence-electron chi connectivity index (χ0n) is 7.83. The molecule has 0 spiro atoms. The minimum absolute atomic E-state index is 0. The number of benzene rings is 1. The van der Waals surface area contributed by atoms with Crippen molar-refractivity contribution in [2.45, 2.75) is 0 Å². The zero-order valence-corrected chi connectivity index (χ0v) is 9.46. The molecule has 78 valence electrons. The van der Waals surface area contributed by atoms with E-state index in [1.165, 1.54) is 11.5 Å². The van der Waals surface area contributed by atoms with Gasteiger partial charge in [0.2, 0.25) is 0 Å². The Labute approximate surface area is 98.2 Å². The maximum absolute atomic E-state index is 5.79. The summed E-state index contributed by atoms with van der Waals surface area (Å²) in [5.41, 5.74) is 7.52. The van der Waals surface area contributed by atoms with Gasteiger partial charge in [0.05, 0.1) is 11.9 Å². The summed E-state index contributed by atoms with van der Waals surface area (Å²) < 4.78 is 3.97. The van der Waals surface area contributed by atoms with Crippen LogP contribution < -0.4 is 5.73 Å². The molecule has 0 aliphatic carbocycles. The van der Waals surface area contributed by atoms with E-state index in [0.29, 0.717) is 5.84 Å². The third kappa shape index (κ3) is 3.04. The zero-order chi connectivity index (χ0) is 9.80. The highest BCUT2D eigenvalue weighted by atomic mass is 35.5. The van der Waals surface area contributed by atoms with Gasteiger partial charge in [-0.2, -0.15) is 0 Å². The van der Waals surface area contributed by atoms with Gasteiger partial charge in [0.25, 0.3) is 0 Å². The quantitative estimate of drug-likeness (QED) is 0.647. The van der Waals surface area contributed by atoms with E-state index in [0.717, 1.165) is 11.3 Å². The molecule has 1 aromatic heterocycles. The largest absolute Gasteiger partial charge is 0.383 e. The molecule has 0 saturated heterocycles. The molecule has 0 radical (unpaired) electrons. The molecule has 0 amide bonds. The average Bonchev–Trinajstić information content (AvgIpc) is 2.72. The molecule has 2 rings (SSSR count). The fraction of sp³-hybridized carbons (Fsp3) is 0. The summed E-state index contributed by atoms with van der Waals surface area (Å²) in [5.74, 6) is 0.505. The lowest BCUT2D eigenvalue weighted by atomic mass is 10.3. The van der Waals surface area contributed by atoms with Gasteiger partial charge in [-0.1, -0.05) is 18.2 Å². The first-order chi connectivity index (χ1) is 6.86. The van der Waals surface area contributed by atoms with E-state index in [1.54, 1.807) is 6.20 Å². The number of hydrogen-bond donors (Lipinski definition) is 1. The topological polar surface area (TPSA) is 51.3 Å². The van der Waals surface area contributed by atoms with Crippen LogP contribution in [-0.4, -0.2) is 10.2 Å². The normalized spacial score (nSPS) is 10.8. The summed E-state index contributed by atoms with van der Waals surface area (Å²) >= 11 is 1.37. The molecule has 0 saturated carbocycles. The van der Waals surface area contributed by atoms with Crippen LogP contribution in [0.5, 0.6) is 0 Å². The van der Waals surface area contributed by atoms with Gasteiger partial charge in [0, 0.05) is 10.9 Å². The molecule has 0 atom stereocenters. The van der Waals surface area contributed by atoms with E-state index in [9.17, 15) is 0 Å². The number of aromatic nitrogens is 1. The van der Waals surface area contributed by atoms with Gasteiger partial charge in [-0.05, 0) is 23.7 Å². The molecular formula is C10H10ClN3S. The monoisotopic (exact) mass is 239 g/mol. The number of amidine groups is 1. The lowest BCUT2D eigenvalue weighted by Crippen LogP contribution is -2.11. The molecule has 1 heterocycles. The van der Waals surface area contributed by atoms with Crippen molar-refractivity contribution in [2.75, 3.05) is 0 Å². The van der Waals surface area contributed by atoms with Crippen molar-refractivity contribution in [1.29, 1.82) is 0 Å². The van der Waals surface area contributed by atoms with E-state index in [-0.39, 0.29) is 12.4 Å². The second kappa shape index (κ2) is 5.48. The summed E-state index contributed by atoms with van der Waals surface area (Å²) in [4.78, 5) is 4.26. The van der Waals surface area contributed by atoms with Crippen LogP contribution >= 0.6 is 23.9 Å². The van der Waals surface area contributed by atoms with E-state index < -0.39 is 0 Å². The lowest BCUT2D eigenvalue weighted by molar-refractivity contribution is 1.45. The third-order valence-electron chi connectivity index (χ3n) is 1.73. The standard InChI is InChI=1S/C10H9N3S.ClH/c11-10(8-6-12-14-7-8)13-9-4-2-1-3-5-9;/h1-7H,(H2,11,13);1H. The Morgan fingerprint density at radius 2 is 2.00 bits per heavy atom. The molecular weight excluding hydrogens is 230 g/mol. The Morgan fingerprint density at radius 3 is 2.60 bits per heavy atom. The van der Waals surface area contributed by atoms with Crippen molar-refractivity contribution in [3.8, 4) is 0 Å². The van der Waals surface area contributed by atoms with Gasteiger partial charge < -0.3 is 5.73 Å². The lowest BCUT2D eigenvalue weighted by Gasteiger charge is -1.96. The molecule has 2 N–H and O–H groups in total. The molecule has 0 fully saturated rings. The highest BCUT2D eigenvalue weighted by molar-refractivity contribution is 7.03. The van der Waals surface area contributed by atoms with Gasteiger partial charge in [-0.25, -0.2) is 9.37 Å². The van der Waals surface area contributed by atoms with E-state index >= 15 is 0 Å². The van der Waals surface area contributed by atoms with Crippen LogP contribution in [0.4, 0.5) is 5.69 Å². The fourth-order valence-corrected chi connectivity index (χ4v) is 1.57. The molecule has 0 unspecified atom stereocenters. The Bertz CT molecular complexity index is 425. The van der Waals surface area contributed by atoms with Gasteiger partial charge in [0.1, 0.15) is 5.84 Å². The van der Waals surface area contributed by atoms with Gasteiger partial charge in [-0.3, -0.25) is 0 Å². The Kier molecular flexibility index (Phi) is 4.27. The highest BCUT2D eigenvalue weighted by Crippen LogP contribution is 2.11. The van der Waals surface area contributed by atoms with E-state index in [4.69, 9.17) is 5.73 Å². The first-order valence-corrected chi connectivity index (χ1v) is 4.99. The average molecular weight is 240 g/mol. The molecule has 3 nitrogen and oxygen atoms in total. The smallest absolute Gasteiger partial charge is 0.133 e. The highest BCUT2D eigenvalue weighted by Gasteiger charge is 1.98. The summed E-state index contributed by atoms with van der Waals surface area (Å²) in [7, 11) is 0. The van der Waals surface area contributed by atoms with E-state index in [2.05, 4.69) is 9.37 Å². The second-order valence-electron chi connectivity index (χ2n) is 2.75. The van der Waals surface area contributed by atoms with E-state index in [1.807, 2.05) is 35.7 Å². The molecule has 0 bridgehead atoms. The minimum Gasteiger partial charge on any atom is -0.383 e. The van der Waals surface area contributed by atoms with Gasteiger partial charge in [-0.15, -0.1) is 12.4 Å². The molecule has 0 aliphatic heterocycles. The number of nitrogens with two attached hydrogens (primary N) is 1. The predicted octanol–water partition coefficient (Wildman–Crippen LogP) is 2.60. The van der Waals surface area contributed by atoms with Gasteiger partial charge in [0.15, 0.2) is 0 Å². The number of rotatable bonds is 2. The fourth-order valence-electron chi connectivity index (χ4n) is 1.04. The van der Waals surface area contributed by atoms with Crippen molar-refractivity contribution in [3.63, 3.8) is 0 Å². The van der Waals surface area contributed by atoms with Crippen LogP contribution in [0.25, 0.3) is 0 Å². The van der Waals surface area contributed by atoms with Crippen LogP contribution in [0.2, 0.25) is 0 Å². The number of halogens is 1. The third-order valence-corrected chi connectivity index (χ3v) is 2.32. The predicted molar refractivity (Wildman–Crippen MR) is 66.2 cm³/mol. The Balaban J connectivity index is 0.00000112. The van der Waals surface area contributed by atoms with Gasteiger partial charge >= 0.3 is 0 Å². The maximum Gasteiger partial charge on any atom is 0.133 e. The SMILES string of the molecule is Cl.NC(=Nc1ccccc1)c1cnsc1. The van der Waals surface area contributed by atoms with Crippen molar-refractivity contribution >= 4 is 35.5 Å². The number of hydrogen-bond acceptors (Lipinski definition) is 3. The number of para-hydroxylation sites is 1. The first kappa shape index (κ1) is 11.7. The van der Waals surface area contributed by atoms with Crippen LogP contribution in [-0.2, 0) is 0 Å². The van der Waals surface area contributed by atoms with Crippen molar-refractivity contribution < 1.29 is 0 Å². The summed E-state index contributed by atoms with van der Waals surface area (Å²) in [6.07, 6.45) is 1.71.